The molecule has 2 atom stereocenters. The van der Waals surface area contributed by atoms with Crippen LogP contribution in [-0.4, -0.2) is 41.0 Å². The van der Waals surface area contributed by atoms with Gasteiger partial charge in [-0.2, -0.15) is 0 Å². The van der Waals surface area contributed by atoms with E-state index >= 15 is 0 Å². The lowest BCUT2D eigenvalue weighted by molar-refractivity contribution is 0.0688. The lowest BCUT2D eigenvalue weighted by atomic mass is 10.0. The van der Waals surface area contributed by atoms with Crippen LogP contribution in [0.25, 0.3) is 22.3 Å². The highest BCUT2D eigenvalue weighted by atomic mass is 16.5. The Bertz CT molecular complexity index is 843. The lowest BCUT2D eigenvalue weighted by Crippen LogP contribution is -2.24. The second-order valence-electron chi connectivity index (χ2n) is 5.87. The van der Waals surface area contributed by atoms with Crippen molar-refractivity contribution in [1.82, 2.24) is 14.5 Å². The number of rotatable bonds is 3. The van der Waals surface area contributed by atoms with Gasteiger partial charge in [-0.15, -0.1) is 0 Å². The summed E-state index contributed by atoms with van der Waals surface area (Å²) in [4.78, 5) is 9.13. The van der Waals surface area contributed by atoms with Gasteiger partial charge in [-0.25, -0.2) is 4.98 Å². The molecule has 118 valence electrons. The zero-order valence-electron chi connectivity index (χ0n) is 13.3. The monoisotopic (exact) mass is 309 g/mol. The molecule has 1 saturated heterocycles. The molecule has 4 rings (SSSR count). The smallest absolute Gasteiger partial charge is 0.141 e. The number of ether oxygens (including phenoxy) is 2. The Hall–Kier alpha value is -2.24. The molecule has 3 heterocycles. The summed E-state index contributed by atoms with van der Waals surface area (Å²) in [5, 5.41) is 1.12. The van der Waals surface area contributed by atoms with Gasteiger partial charge in [0.1, 0.15) is 11.9 Å². The molecule has 5 nitrogen and oxygen atoms in total. The Morgan fingerprint density at radius 3 is 2.96 bits per heavy atom. The first kappa shape index (κ1) is 14.4. The molecule has 5 heteroatoms. The van der Waals surface area contributed by atoms with Gasteiger partial charge in [-0.1, -0.05) is 18.2 Å². The number of imidazole rings is 1. The minimum atomic E-state index is 0.0535. The van der Waals surface area contributed by atoms with Crippen LogP contribution in [0.3, 0.4) is 0 Å². The van der Waals surface area contributed by atoms with Gasteiger partial charge in [0.05, 0.1) is 24.8 Å². The maximum Gasteiger partial charge on any atom is 0.141 e. The molecule has 0 N–H and O–H groups in total. The van der Waals surface area contributed by atoms with E-state index in [0.717, 1.165) is 22.3 Å². The molecule has 0 aliphatic carbocycles. The zero-order chi connectivity index (χ0) is 15.8. The molecular weight excluding hydrogens is 290 g/mol. The largest absolute Gasteiger partial charge is 0.377 e. The molecule has 0 saturated carbocycles. The number of pyridine rings is 1. The Morgan fingerprint density at radius 2 is 2.09 bits per heavy atom. The third-order valence-electron chi connectivity index (χ3n) is 4.54. The number of benzene rings is 1. The van der Waals surface area contributed by atoms with Crippen LogP contribution in [0.15, 0.2) is 42.9 Å². The summed E-state index contributed by atoms with van der Waals surface area (Å²) in [6, 6.07) is 8.43. The molecule has 0 unspecified atom stereocenters. The van der Waals surface area contributed by atoms with Gasteiger partial charge in [-0.05, 0) is 18.6 Å². The second kappa shape index (κ2) is 5.76. The summed E-state index contributed by atoms with van der Waals surface area (Å²) >= 11 is 0. The third-order valence-corrected chi connectivity index (χ3v) is 4.54. The number of aromatic nitrogens is 3. The Morgan fingerprint density at radius 1 is 1.17 bits per heavy atom. The SMILES string of the molecule is CO[C@@H]1COC[C@@H]1n1ccnc1-c1ccc(C)c2ncccc12. The third kappa shape index (κ3) is 2.33. The van der Waals surface area contributed by atoms with E-state index in [2.05, 4.69) is 39.7 Å². The highest BCUT2D eigenvalue weighted by Gasteiger charge is 2.31. The highest BCUT2D eigenvalue weighted by Crippen LogP contribution is 2.32. The fourth-order valence-electron chi connectivity index (χ4n) is 3.31. The van der Waals surface area contributed by atoms with E-state index in [1.807, 2.05) is 24.7 Å². The van der Waals surface area contributed by atoms with Crippen LogP contribution in [-0.2, 0) is 9.47 Å². The van der Waals surface area contributed by atoms with Crippen LogP contribution in [0.4, 0.5) is 0 Å². The summed E-state index contributed by atoms with van der Waals surface area (Å²) in [6.45, 7) is 3.34. The average Bonchev–Trinajstić information content (AvgIpc) is 3.23. The molecule has 2 aromatic heterocycles. The van der Waals surface area contributed by atoms with Gasteiger partial charge in [0.25, 0.3) is 0 Å². The van der Waals surface area contributed by atoms with E-state index < -0.39 is 0 Å². The lowest BCUT2D eigenvalue weighted by Gasteiger charge is -2.20. The molecular formula is C18H19N3O2. The maximum absolute atomic E-state index is 5.60. The second-order valence-corrected chi connectivity index (χ2v) is 5.87. The first-order valence-electron chi connectivity index (χ1n) is 7.77. The van der Waals surface area contributed by atoms with Crippen molar-refractivity contribution < 1.29 is 9.47 Å². The van der Waals surface area contributed by atoms with Gasteiger partial charge in [0.15, 0.2) is 0 Å². The fourth-order valence-corrected chi connectivity index (χ4v) is 3.31. The molecule has 23 heavy (non-hydrogen) atoms. The van der Waals surface area contributed by atoms with Crippen LogP contribution in [0.1, 0.15) is 11.6 Å². The van der Waals surface area contributed by atoms with Crippen molar-refractivity contribution in [2.45, 2.75) is 19.1 Å². The van der Waals surface area contributed by atoms with Crippen molar-refractivity contribution in [3.63, 3.8) is 0 Å². The van der Waals surface area contributed by atoms with Gasteiger partial charge in [-0.3, -0.25) is 4.98 Å². The molecule has 0 bridgehead atoms. The Balaban J connectivity index is 1.87. The number of fused-ring (bicyclic) bond motifs is 1. The summed E-state index contributed by atoms with van der Waals surface area (Å²) in [5.74, 6) is 0.931. The predicted molar refractivity (Wildman–Crippen MR) is 88.4 cm³/mol. The van der Waals surface area contributed by atoms with Crippen molar-refractivity contribution in [2.24, 2.45) is 0 Å². The first-order chi connectivity index (χ1) is 11.3. The van der Waals surface area contributed by atoms with Gasteiger partial charge >= 0.3 is 0 Å². The normalized spacial score (nSPS) is 21.1. The van der Waals surface area contributed by atoms with Gasteiger partial charge in [0.2, 0.25) is 0 Å². The van der Waals surface area contributed by atoms with Gasteiger partial charge in [0, 0.05) is 36.7 Å². The maximum atomic E-state index is 5.60. The minimum Gasteiger partial charge on any atom is -0.377 e. The number of nitrogens with zero attached hydrogens (tertiary/aromatic N) is 3. The zero-order valence-corrected chi connectivity index (χ0v) is 13.3. The molecule has 0 spiro atoms. The van der Waals surface area contributed by atoms with Crippen molar-refractivity contribution in [2.75, 3.05) is 20.3 Å². The average molecular weight is 309 g/mol. The molecule has 1 fully saturated rings. The van der Waals surface area contributed by atoms with Crippen LogP contribution in [0, 0.1) is 6.92 Å². The quantitative estimate of drug-likeness (QED) is 0.746. The topological polar surface area (TPSA) is 49.2 Å². The molecule has 0 amide bonds. The summed E-state index contributed by atoms with van der Waals surface area (Å²) in [5.41, 5.74) is 3.28. The standard InChI is InChI=1S/C18H19N3O2/c1-12-5-6-14(13-4-3-7-19-17(12)13)18-20-8-9-21(18)15-10-23-11-16(15)22-2/h3-9,15-16H,10-11H2,1-2H3/t15-,16+/m0/s1. The van der Waals surface area contributed by atoms with Crippen LogP contribution in [0.5, 0.6) is 0 Å². The number of hydrogen-bond acceptors (Lipinski definition) is 4. The molecule has 1 aliphatic rings. The summed E-state index contributed by atoms with van der Waals surface area (Å²) in [6.07, 6.45) is 5.72. The molecule has 0 radical (unpaired) electrons. The van der Waals surface area contributed by atoms with E-state index in [1.54, 1.807) is 7.11 Å². The molecule has 1 aliphatic heterocycles. The fraction of sp³-hybridized carbons (Fsp3) is 0.333. The Labute approximate surface area is 134 Å². The van der Waals surface area contributed by atoms with Gasteiger partial charge < -0.3 is 14.0 Å². The van der Waals surface area contributed by atoms with E-state index in [1.165, 1.54) is 5.56 Å². The summed E-state index contributed by atoms with van der Waals surface area (Å²) < 4.78 is 13.3. The number of hydrogen-bond donors (Lipinski definition) is 0. The van der Waals surface area contributed by atoms with Crippen molar-refractivity contribution in [1.29, 1.82) is 0 Å². The minimum absolute atomic E-state index is 0.0535. The Kier molecular flexibility index (Phi) is 3.59. The van der Waals surface area contributed by atoms with Crippen LogP contribution in [0.2, 0.25) is 0 Å². The molecule has 1 aromatic carbocycles. The van der Waals surface area contributed by atoms with Crippen LogP contribution < -0.4 is 0 Å². The van der Waals surface area contributed by atoms with Crippen molar-refractivity contribution in [3.8, 4) is 11.4 Å². The van der Waals surface area contributed by atoms with E-state index in [0.29, 0.717) is 13.2 Å². The van der Waals surface area contributed by atoms with E-state index in [9.17, 15) is 0 Å². The van der Waals surface area contributed by atoms with E-state index in [-0.39, 0.29) is 12.1 Å². The number of methoxy groups -OCH3 is 1. The molecule has 3 aromatic rings. The summed E-state index contributed by atoms with van der Waals surface area (Å²) in [7, 11) is 1.73. The van der Waals surface area contributed by atoms with Crippen LogP contribution >= 0.6 is 0 Å². The van der Waals surface area contributed by atoms with Crippen molar-refractivity contribution in [3.05, 3.63) is 48.4 Å². The number of aryl methyl sites for hydroxylation is 1. The predicted octanol–water partition coefficient (Wildman–Crippen LogP) is 2.99. The van der Waals surface area contributed by atoms with Crippen molar-refractivity contribution >= 4 is 10.9 Å². The first-order valence-corrected chi connectivity index (χ1v) is 7.77. The van der Waals surface area contributed by atoms with E-state index in [4.69, 9.17) is 9.47 Å². The highest BCUT2D eigenvalue weighted by molar-refractivity contribution is 5.94.